The van der Waals surface area contributed by atoms with Crippen LogP contribution in [0.4, 0.5) is 5.13 Å². The molecule has 3 N–H and O–H groups in total. The van der Waals surface area contributed by atoms with Gasteiger partial charge in [-0.3, -0.25) is 0 Å². The highest BCUT2D eigenvalue weighted by atomic mass is 32.1. The van der Waals surface area contributed by atoms with Gasteiger partial charge in [-0.05, 0) is 18.2 Å². The number of aromatic carboxylic acids is 1. The van der Waals surface area contributed by atoms with E-state index in [2.05, 4.69) is 4.98 Å². The molecule has 0 aliphatic heterocycles. The number of nitrogen functional groups attached to an aromatic ring is 1. The third kappa shape index (κ3) is 1.33. The van der Waals surface area contributed by atoms with Crippen molar-refractivity contribution in [2.75, 3.05) is 5.73 Å². The predicted molar refractivity (Wildman–Crippen MR) is 51.0 cm³/mol. The van der Waals surface area contributed by atoms with Crippen molar-refractivity contribution in [2.24, 2.45) is 0 Å². The second kappa shape index (κ2) is 2.70. The normalized spacial score (nSPS) is 10.5. The highest BCUT2D eigenvalue weighted by molar-refractivity contribution is 7.22. The first kappa shape index (κ1) is 8.00. The van der Waals surface area contributed by atoms with E-state index >= 15 is 0 Å². The summed E-state index contributed by atoms with van der Waals surface area (Å²) in [5.41, 5.74) is 6.48. The molecule has 0 fully saturated rings. The van der Waals surface area contributed by atoms with Gasteiger partial charge in [0.05, 0.1) is 15.8 Å². The molecule has 0 aliphatic rings. The number of hydrogen-bond acceptors (Lipinski definition) is 4. The molecular weight excluding hydrogens is 188 g/mol. The Balaban J connectivity index is 2.67. The van der Waals surface area contributed by atoms with Crippen molar-refractivity contribution >= 4 is 32.7 Å². The zero-order chi connectivity index (χ0) is 9.42. The number of carbonyl (C=O) groups is 1. The summed E-state index contributed by atoms with van der Waals surface area (Å²) in [7, 11) is 0. The van der Waals surface area contributed by atoms with Gasteiger partial charge in [0.25, 0.3) is 0 Å². The number of benzene rings is 1. The van der Waals surface area contributed by atoms with Crippen LogP contribution in [0.25, 0.3) is 10.2 Å². The zero-order valence-electron chi connectivity index (χ0n) is 6.52. The number of anilines is 1. The van der Waals surface area contributed by atoms with Crippen molar-refractivity contribution in [3.63, 3.8) is 0 Å². The van der Waals surface area contributed by atoms with Crippen molar-refractivity contribution in [1.82, 2.24) is 4.98 Å². The largest absolute Gasteiger partial charge is 0.478 e. The maximum absolute atomic E-state index is 10.6. The van der Waals surface area contributed by atoms with Crippen LogP contribution in [-0.4, -0.2) is 16.1 Å². The topological polar surface area (TPSA) is 76.2 Å². The summed E-state index contributed by atoms with van der Waals surface area (Å²) in [6, 6.07) is 4.75. The molecule has 66 valence electrons. The third-order valence-electron chi connectivity index (χ3n) is 1.65. The van der Waals surface area contributed by atoms with Gasteiger partial charge >= 0.3 is 5.97 Å². The summed E-state index contributed by atoms with van der Waals surface area (Å²) in [6.45, 7) is 0. The molecule has 2 rings (SSSR count). The molecule has 0 atom stereocenters. The van der Waals surface area contributed by atoms with Crippen molar-refractivity contribution < 1.29 is 9.90 Å². The maximum Gasteiger partial charge on any atom is 0.335 e. The third-order valence-corrected chi connectivity index (χ3v) is 2.50. The smallest absolute Gasteiger partial charge is 0.335 e. The molecule has 0 unspecified atom stereocenters. The highest BCUT2D eigenvalue weighted by Crippen LogP contribution is 2.24. The standard InChI is InChI=1S/C8H6N2O2S/c9-8-10-5-2-1-4(7(11)12)3-6(5)13-8/h1-3H,(H2,9,10)(H,11,12). The molecule has 5 heteroatoms. The number of fused-ring (bicyclic) bond motifs is 1. The lowest BCUT2D eigenvalue weighted by atomic mass is 10.2. The van der Waals surface area contributed by atoms with E-state index in [0.717, 1.165) is 10.2 Å². The second-order valence-electron chi connectivity index (χ2n) is 2.54. The molecule has 1 aromatic carbocycles. The van der Waals surface area contributed by atoms with Crippen LogP contribution < -0.4 is 5.73 Å². The van der Waals surface area contributed by atoms with E-state index in [4.69, 9.17) is 10.8 Å². The fourth-order valence-corrected chi connectivity index (χ4v) is 1.85. The molecule has 0 amide bonds. The number of hydrogen-bond donors (Lipinski definition) is 2. The van der Waals surface area contributed by atoms with E-state index in [9.17, 15) is 4.79 Å². The van der Waals surface area contributed by atoms with Crippen molar-refractivity contribution in [2.45, 2.75) is 0 Å². The van der Waals surface area contributed by atoms with Gasteiger partial charge in [-0.15, -0.1) is 0 Å². The molecule has 1 heterocycles. The maximum atomic E-state index is 10.6. The average molecular weight is 194 g/mol. The fourth-order valence-electron chi connectivity index (χ4n) is 1.08. The van der Waals surface area contributed by atoms with Crippen LogP contribution in [0, 0.1) is 0 Å². The van der Waals surface area contributed by atoms with Crippen LogP contribution >= 0.6 is 11.3 Å². The van der Waals surface area contributed by atoms with Crippen molar-refractivity contribution in [1.29, 1.82) is 0 Å². The van der Waals surface area contributed by atoms with Crippen molar-refractivity contribution in [3.8, 4) is 0 Å². The minimum absolute atomic E-state index is 0.260. The van der Waals surface area contributed by atoms with Crippen LogP contribution in [0.3, 0.4) is 0 Å². The first-order valence-corrected chi connectivity index (χ1v) is 4.38. The van der Waals surface area contributed by atoms with E-state index in [-0.39, 0.29) is 5.56 Å². The highest BCUT2D eigenvalue weighted by Gasteiger charge is 2.06. The molecular formula is C8H6N2O2S. The van der Waals surface area contributed by atoms with Crippen molar-refractivity contribution in [3.05, 3.63) is 23.8 Å². The molecule has 0 bridgehead atoms. The van der Waals surface area contributed by atoms with Crippen LogP contribution in [0.1, 0.15) is 10.4 Å². The summed E-state index contributed by atoms with van der Waals surface area (Å²) < 4.78 is 0.803. The van der Waals surface area contributed by atoms with E-state index in [1.807, 2.05) is 0 Å². The van der Waals surface area contributed by atoms with Gasteiger partial charge in [0.1, 0.15) is 0 Å². The summed E-state index contributed by atoms with van der Waals surface area (Å²) in [5.74, 6) is -0.936. The lowest BCUT2D eigenvalue weighted by Gasteiger charge is -1.91. The van der Waals surface area contributed by atoms with Gasteiger partial charge in [0.2, 0.25) is 0 Å². The first-order valence-electron chi connectivity index (χ1n) is 3.56. The summed E-state index contributed by atoms with van der Waals surface area (Å²) >= 11 is 1.29. The number of thiazole rings is 1. The minimum Gasteiger partial charge on any atom is -0.478 e. The molecule has 13 heavy (non-hydrogen) atoms. The lowest BCUT2D eigenvalue weighted by Crippen LogP contribution is -1.94. The monoisotopic (exact) mass is 194 g/mol. The Morgan fingerprint density at radius 1 is 1.54 bits per heavy atom. The van der Waals surface area contributed by atoms with Crippen LogP contribution in [0.5, 0.6) is 0 Å². The molecule has 2 aromatic rings. The summed E-state index contributed by atoms with van der Waals surface area (Å²) in [4.78, 5) is 14.6. The van der Waals surface area contributed by atoms with E-state index in [1.165, 1.54) is 17.4 Å². The Hall–Kier alpha value is -1.62. The molecule has 0 saturated carbocycles. The second-order valence-corrected chi connectivity index (χ2v) is 3.60. The van der Waals surface area contributed by atoms with E-state index < -0.39 is 5.97 Å². The van der Waals surface area contributed by atoms with Gasteiger partial charge in [-0.1, -0.05) is 11.3 Å². The summed E-state index contributed by atoms with van der Waals surface area (Å²) in [5, 5.41) is 9.16. The van der Waals surface area contributed by atoms with Crippen LogP contribution in [0.2, 0.25) is 0 Å². The molecule has 0 saturated heterocycles. The fraction of sp³-hybridized carbons (Fsp3) is 0. The Morgan fingerprint density at radius 3 is 3.00 bits per heavy atom. The number of rotatable bonds is 1. The average Bonchev–Trinajstić information content (AvgIpc) is 2.42. The van der Waals surface area contributed by atoms with Gasteiger partial charge < -0.3 is 10.8 Å². The predicted octanol–water partition coefficient (Wildman–Crippen LogP) is 1.58. The molecule has 0 spiro atoms. The minimum atomic E-state index is -0.936. The van der Waals surface area contributed by atoms with Crippen LogP contribution in [-0.2, 0) is 0 Å². The number of nitrogens with two attached hydrogens (primary N) is 1. The molecule has 1 aromatic heterocycles. The molecule has 4 nitrogen and oxygen atoms in total. The van der Waals surface area contributed by atoms with Gasteiger partial charge in [0.15, 0.2) is 5.13 Å². The Morgan fingerprint density at radius 2 is 2.31 bits per heavy atom. The quantitative estimate of drug-likeness (QED) is 0.722. The first-order chi connectivity index (χ1) is 6.16. The SMILES string of the molecule is Nc1nc2ccc(C(=O)O)cc2s1. The summed E-state index contributed by atoms with van der Waals surface area (Å²) in [6.07, 6.45) is 0. The Labute approximate surface area is 77.6 Å². The number of aromatic nitrogens is 1. The van der Waals surface area contributed by atoms with Gasteiger partial charge in [-0.25, -0.2) is 9.78 Å². The zero-order valence-corrected chi connectivity index (χ0v) is 7.34. The van der Waals surface area contributed by atoms with Gasteiger partial charge in [0, 0.05) is 0 Å². The Kier molecular flexibility index (Phi) is 1.66. The number of carboxylic acids is 1. The molecule has 0 aliphatic carbocycles. The number of nitrogens with zero attached hydrogens (tertiary/aromatic N) is 1. The van der Waals surface area contributed by atoms with E-state index in [0.29, 0.717) is 5.13 Å². The van der Waals surface area contributed by atoms with Gasteiger partial charge in [-0.2, -0.15) is 0 Å². The lowest BCUT2D eigenvalue weighted by molar-refractivity contribution is 0.0697. The molecule has 0 radical (unpaired) electrons. The van der Waals surface area contributed by atoms with Crippen LogP contribution in [0.15, 0.2) is 18.2 Å². The van der Waals surface area contributed by atoms with E-state index in [1.54, 1.807) is 12.1 Å². The Bertz CT molecular complexity index is 478. The number of carboxylic acid groups (broad SMARTS) is 1.